The van der Waals surface area contributed by atoms with Crippen LogP contribution in [0.5, 0.6) is 0 Å². The van der Waals surface area contributed by atoms with Gasteiger partial charge in [-0.2, -0.15) is 0 Å². The number of aliphatic imine (C=N–C) groups is 1. The van der Waals surface area contributed by atoms with E-state index in [2.05, 4.69) is 9.97 Å². The third kappa shape index (κ3) is 2.66. The summed E-state index contributed by atoms with van der Waals surface area (Å²) in [6.45, 7) is 0.546. The lowest BCUT2D eigenvalue weighted by molar-refractivity contribution is 0.281. The van der Waals surface area contributed by atoms with Crippen LogP contribution in [0.2, 0.25) is 0 Å². The Hall–Kier alpha value is -3.12. The Kier molecular flexibility index (Phi) is 3.74. The van der Waals surface area contributed by atoms with Gasteiger partial charge in [-0.1, -0.05) is 36.4 Å². The normalized spacial score (nSPS) is 15.0. The average molecular weight is 333 g/mol. The zero-order chi connectivity index (χ0) is 17.4. The molecule has 6 nitrogen and oxygen atoms in total. The van der Waals surface area contributed by atoms with Gasteiger partial charge in [-0.05, 0) is 17.7 Å². The molecule has 1 aliphatic heterocycles. The Morgan fingerprint density at radius 3 is 2.72 bits per heavy atom. The van der Waals surface area contributed by atoms with Gasteiger partial charge in [0.25, 0.3) is 0 Å². The number of imidazole rings is 1. The molecule has 0 radical (unpaired) electrons. The summed E-state index contributed by atoms with van der Waals surface area (Å²) in [5, 5.41) is 9.62. The van der Waals surface area contributed by atoms with Crippen molar-refractivity contribution in [2.75, 3.05) is 13.6 Å². The zero-order valence-electron chi connectivity index (χ0n) is 13.9. The number of aliphatic hydroxyl groups excluding tert-OH is 1. The van der Waals surface area contributed by atoms with Gasteiger partial charge in [0.05, 0.1) is 29.9 Å². The van der Waals surface area contributed by atoms with Crippen molar-refractivity contribution in [3.8, 4) is 0 Å². The minimum atomic E-state index is -0.0297. The van der Waals surface area contributed by atoms with Crippen LogP contribution in [0.4, 0.5) is 0 Å². The molecule has 6 heteroatoms. The smallest absolute Gasteiger partial charge is 0.160 e. The molecule has 1 aromatic heterocycles. The van der Waals surface area contributed by atoms with E-state index in [4.69, 9.17) is 10.7 Å². The average Bonchev–Trinajstić information content (AvgIpc) is 3.07. The number of aromatic nitrogens is 2. The van der Waals surface area contributed by atoms with Gasteiger partial charge >= 0.3 is 0 Å². The predicted octanol–water partition coefficient (Wildman–Crippen LogP) is 2.07. The van der Waals surface area contributed by atoms with Crippen LogP contribution in [-0.4, -0.2) is 39.3 Å². The third-order valence-corrected chi connectivity index (χ3v) is 4.40. The van der Waals surface area contributed by atoms with Crippen LogP contribution in [0.1, 0.15) is 17.0 Å². The van der Waals surface area contributed by atoms with Crippen LogP contribution in [0.15, 0.2) is 59.3 Å². The van der Waals surface area contributed by atoms with Crippen LogP contribution < -0.4 is 5.73 Å². The van der Waals surface area contributed by atoms with E-state index in [0.29, 0.717) is 23.9 Å². The van der Waals surface area contributed by atoms with Gasteiger partial charge in [0, 0.05) is 12.6 Å². The summed E-state index contributed by atoms with van der Waals surface area (Å²) in [4.78, 5) is 14.6. The Morgan fingerprint density at radius 2 is 1.92 bits per heavy atom. The van der Waals surface area contributed by atoms with E-state index in [0.717, 1.165) is 27.9 Å². The molecular formula is C19H19N5O. The number of para-hydroxylation sites is 2. The standard InChI is InChI=1S/C19H19N5O/c1-24-10-16(13-7-3-2-6-12(13)11-25)21-17(18(24)20)19-22-14-8-4-5-9-15(14)23-19/h2-9,25H,10-11,20H2,1H3,(H,22,23). The lowest BCUT2D eigenvalue weighted by Gasteiger charge is -2.27. The van der Waals surface area contributed by atoms with Gasteiger partial charge in [0.15, 0.2) is 5.82 Å². The van der Waals surface area contributed by atoms with Crippen LogP contribution in [0.3, 0.4) is 0 Å². The fourth-order valence-electron chi connectivity index (χ4n) is 3.04. The minimum absolute atomic E-state index is 0.0297. The van der Waals surface area contributed by atoms with Gasteiger partial charge < -0.3 is 20.7 Å². The van der Waals surface area contributed by atoms with Crippen molar-refractivity contribution in [1.29, 1.82) is 0 Å². The number of likely N-dealkylation sites (N-methyl/N-ethyl adjacent to an activating group) is 1. The fraction of sp³-hybridized carbons (Fsp3) is 0.158. The van der Waals surface area contributed by atoms with Gasteiger partial charge in [-0.15, -0.1) is 0 Å². The first-order chi connectivity index (χ1) is 12.2. The monoisotopic (exact) mass is 333 g/mol. The molecule has 0 spiro atoms. The number of hydrogen-bond donors (Lipinski definition) is 3. The first-order valence-electron chi connectivity index (χ1n) is 8.10. The Bertz CT molecular complexity index is 969. The van der Waals surface area contributed by atoms with E-state index in [1.54, 1.807) is 0 Å². The summed E-state index contributed by atoms with van der Waals surface area (Å²) in [5.41, 5.74) is 11.3. The van der Waals surface area contributed by atoms with E-state index >= 15 is 0 Å². The number of fused-ring (bicyclic) bond motifs is 1. The van der Waals surface area contributed by atoms with Gasteiger partial charge in [0.1, 0.15) is 11.5 Å². The molecule has 2 aromatic carbocycles. The molecule has 0 fully saturated rings. The molecule has 0 saturated carbocycles. The molecule has 3 aromatic rings. The van der Waals surface area contributed by atoms with Crippen molar-refractivity contribution < 1.29 is 5.11 Å². The summed E-state index contributed by atoms with van der Waals surface area (Å²) < 4.78 is 0. The predicted molar refractivity (Wildman–Crippen MR) is 98.7 cm³/mol. The largest absolute Gasteiger partial charge is 0.392 e. The first-order valence-corrected chi connectivity index (χ1v) is 8.10. The highest BCUT2D eigenvalue weighted by Gasteiger charge is 2.23. The molecule has 1 aliphatic rings. The molecule has 0 unspecified atom stereocenters. The number of nitrogens with one attached hydrogen (secondary N) is 1. The number of benzene rings is 2. The SMILES string of the molecule is CN1CC(c2ccccc2CO)=NC(c2nc3ccccc3[nH]2)=C1N. The number of H-pyrrole nitrogens is 1. The van der Waals surface area contributed by atoms with E-state index in [9.17, 15) is 5.11 Å². The number of nitrogens with two attached hydrogens (primary N) is 1. The Balaban J connectivity index is 1.85. The molecule has 126 valence electrons. The van der Waals surface area contributed by atoms with Crippen molar-refractivity contribution >= 4 is 22.4 Å². The topological polar surface area (TPSA) is 90.5 Å². The van der Waals surface area contributed by atoms with Crippen LogP contribution >= 0.6 is 0 Å². The lowest BCUT2D eigenvalue weighted by Crippen LogP contribution is -2.34. The van der Waals surface area contributed by atoms with Crippen molar-refractivity contribution in [2.45, 2.75) is 6.61 Å². The first kappa shape index (κ1) is 15.4. The minimum Gasteiger partial charge on any atom is -0.392 e. The molecule has 0 atom stereocenters. The second-order valence-electron chi connectivity index (χ2n) is 6.07. The van der Waals surface area contributed by atoms with E-state index in [-0.39, 0.29) is 6.61 Å². The maximum atomic E-state index is 9.62. The zero-order valence-corrected chi connectivity index (χ0v) is 13.9. The molecule has 2 heterocycles. The van der Waals surface area contributed by atoms with E-state index in [1.165, 1.54) is 0 Å². The van der Waals surface area contributed by atoms with Crippen molar-refractivity contribution in [1.82, 2.24) is 14.9 Å². The fourth-order valence-corrected chi connectivity index (χ4v) is 3.04. The van der Waals surface area contributed by atoms with E-state index in [1.807, 2.05) is 60.5 Å². The summed E-state index contributed by atoms with van der Waals surface area (Å²) in [7, 11) is 1.92. The highest BCUT2D eigenvalue weighted by Crippen LogP contribution is 2.25. The van der Waals surface area contributed by atoms with E-state index < -0.39 is 0 Å². The maximum absolute atomic E-state index is 9.62. The van der Waals surface area contributed by atoms with Crippen LogP contribution in [-0.2, 0) is 6.61 Å². The highest BCUT2D eigenvalue weighted by atomic mass is 16.3. The molecule has 25 heavy (non-hydrogen) atoms. The molecule has 4 rings (SSSR count). The van der Waals surface area contributed by atoms with Crippen LogP contribution in [0, 0.1) is 0 Å². The number of aliphatic hydroxyl groups is 1. The van der Waals surface area contributed by atoms with Crippen LogP contribution in [0.25, 0.3) is 16.7 Å². The molecule has 0 amide bonds. The lowest BCUT2D eigenvalue weighted by atomic mass is 10.0. The van der Waals surface area contributed by atoms with Gasteiger partial charge in [-0.3, -0.25) is 0 Å². The maximum Gasteiger partial charge on any atom is 0.160 e. The third-order valence-electron chi connectivity index (χ3n) is 4.40. The Morgan fingerprint density at radius 1 is 1.16 bits per heavy atom. The Labute approximate surface area is 145 Å². The number of aromatic amines is 1. The van der Waals surface area contributed by atoms with Crippen molar-refractivity contribution in [3.05, 3.63) is 71.3 Å². The quantitative estimate of drug-likeness (QED) is 0.684. The molecule has 4 N–H and O–H groups in total. The number of nitrogens with zero attached hydrogens (tertiary/aromatic N) is 3. The number of hydrogen-bond acceptors (Lipinski definition) is 5. The molecule has 0 aliphatic carbocycles. The van der Waals surface area contributed by atoms with Crippen molar-refractivity contribution in [2.24, 2.45) is 10.7 Å². The molecular weight excluding hydrogens is 314 g/mol. The molecule has 0 saturated heterocycles. The molecule has 0 bridgehead atoms. The highest BCUT2D eigenvalue weighted by molar-refractivity contribution is 6.07. The summed E-state index contributed by atoms with van der Waals surface area (Å²) in [5.74, 6) is 1.22. The second kappa shape index (κ2) is 6.07. The van der Waals surface area contributed by atoms with Gasteiger partial charge in [-0.25, -0.2) is 9.98 Å². The second-order valence-corrected chi connectivity index (χ2v) is 6.07. The summed E-state index contributed by atoms with van der Waals surface area (Å²) in [6.07, 6.45) is 0. The van der Waals surface area contributed by atoms with Crippen molar-refractivity contribution in [3.63, 3.8) is 0 Å². The summed E-state index contributed by atoms with van der Waals surface area (Å²) >= 11 is 0. The van der Waals surface area contributed by atoms with Gasteiger partial charge in [0.2, 0.25) is 0 Å². The summed E-state index contributed by atoms with van der Waals surface area (Å²) in [6, 6.07) is 15.6. The number of rotatable bonds is 3.